The number of fused-ring (bicyclic) bond motifs is 2. The minimum atomic E-state index is 0.752. The monoisotopic (exact) mass is 343 g/mol. The van der Waals surface area contributed by atoms with E-state index in [0.717, 1.165) is 41.3 Å². The third kappa shape index (κ3) is 2.15. The third-order valence-electron chi connectivity index (χ3n) is 3.88. The average Bonchev–Trinajstić information content (AvgIpc) is 2.90. The Morgan fingerprint density at radius 1 is 1.19 bits per heavy atom. The molecule has 21 heavy (non-hydrogen) atoms. The molecule has 1 aromatic carbocycles. The molecule has 0 saturated heterocycles. The van der Waals surface area contributed by atoms with E-state index in [1.54, 1.807) is 4.52 Å². The Bertz CT molecular complexity index is 826. The summed E-state index contributed by atoms with van der Waals surface area (Å²) in [7, 11) is 0. The van der Waals surface area contributed by atoms with Gasteiger partial charge in [0.1, 0.15) is 0 Å². The van der Waals surface area contributed by atoms with Gasteiger partial charge in [-0.05, 0) is 51.7 Å². The molecule has 106 valence electrons. The number of hydrogen-bond acceptors (Lipinski definition) is 4. The molecular weight excluding hydrogens is 330 g/mol. The first-order chi connectivity index (χ1) is 10.2. The number of nitrogens with zero attached hydrogens (tertiary/aromatic N) is 4. The average molecular weight is 344 g/mol. The van der Waals surface area contributed by atoms with Crippen molar-refractivity contribution in [2.24, 2.45) is 0 Å². The smallest absolute Gasteiger partial charge is 0.245 e. The fourth-order valence-corrected chi connectivity index (χ4v) is 3.08. The van der Waals surface area contributed by atoms with Crippen LogP contribution >= 0.6 is 15.9 Å². The predicted molar refractivity (Wildman–Crippen MR) is 86.3 cm³/mol. The number of pyridine rings is 1. The molecule has 1 aliphatic rings. The lowest BCUT2D eigenvalue weighted by atomic mass is 9.98. The molecule has 2 aromatic heterocycles. The van der Waals surface area contributed by atoms with E-state index in [1.165, 1.54) is 11.1 Å². The maximum atomic E-state index is 6.10. The summed E-state index contributed by atoms with van der Waals surface area (Å²) in [6, 6.07) is 10.0. The van der Waals surface area contributed by atoms with Gasteiger partial charge in [-0.1, -0.05) is 12.1 Å². The number of rotatable bonds is 1. The predicted octanol–water partition coefficient (Wildman–Crippen LogP) is 2.64. The number of nitrogens with two attached hydrogens (primary N) is 1. The van der Waals surface area contributed by atoms with Crippen LogP contribution in [0.4, 0.5) is 11.6 Å². The van der Waals surface area contributed by atoms with Gasteiger partial charge in [-0.3, -0.25) is 0 Å². The van der Waals surface area contributed by atoms with Crippen LogP contribution in [0.2, 0.25) is 0 Å². The molecule has 4 rings (SSSR count). The summed E-state index contributed by atoms with van der Waals surface area (Å²) >= 11 is 3.45. The van der Waals surface area contributed by atoms with Crippen molar-refractivity contribution in [1.29, 1.82) is 0 Å². The molecule has 5 nitrogen and oxygen atoms in total. The van der Waals surface area contributed by atoms with Gasteiger partial charge in [-0.2, -0.15) is 4.98 Å². The van der Waals surface area contributed by atoms with Crippen molar-refractivity contribution in [2.75, 3.05) is 17.2 Å². The highest BCUT2D eigenvalue weighted by molar-refractivity contribution is 9.10. The Morgan fingerprint density at radius 3 is 3.00 bits per heavy atom. The van der Waals surface area contributed by atoms with Gasteiger partial charge in [0.15, 0.2) is 5.65 Å². The van der Waals surface area contributed by atoms with Crippen molar-refractivity contribution in [3.63, 3.8) is 0 Å². The van der Waals surface area contributed by atoms with E-state index in [9.17, 15) is 0 Å². The molecular formula is C15H14BrN5. The minimum Gasteiger partial charge on any atom is -0.398 e. The van der Waals surface area contributed by atoms with Crippen LogP contribution in [0.3, 0.4) is 0 Å². The van der Waals surface area contributed by atoms with Gasteiger partial charge < -0.3 is 10.6 Å². The van der Waals surface area contributed by atoms with Crippen LogP contribution in [0.1, 0.15) is 11.1 Å². The lowest BCUT2D eigenvalue weighted by molar-refractivity contribution is 0.708. The second-order valence-corrected chi connectivity index (χ2v) is 6.13. The van der Waals surface area contributed by atoms with Crippen LogP contribution in [-0.4, -0.2) is 21.1 Å². The quantitative estimate of drug-likeness (QED) is 0.690. The summed E-state index contributed by atoms with van der Waals surface area (Å²) in [4.78, 5) is 6.78. The first-order valence-corrected chi connectivity index (χ1v) is 7.63. The molecule has 0 amide bonds. The van der Waals surface area contributed by atoms with Gasteiger partial charge in [-0.15, -0.1) is 5.10 Å². The van der Waals surface area contributed by atoms with Gasteiger partial charge in [0.05, 0.1) is 0 Å². The summed E-state index contributed by atoms with van der Waals surface area (Å²) in [5.74, 6) is 0.752. The zero-order chi connectivity index (χ0) is 14.4. The van der Waals surface area contributed by atoms with Gasteiger partial charge >= 0.3 is 0 Å². The van der Waals surface area contributed by atoms with Gasteiger partial charge in [0, 0.05) is 29.4 Å². The molecule has 2 N–H and O–H groups in total. The van der Waals surface area contributed by atoms with Gasteiger partial charge in [-0.25, -0.2) is 4.52 Å². The highest BCUT2D eigenvalue weighted by Crippen LogP contribution is 2.26. The Morgan fingerprint density at radius 2 is 2.10 bits per heavy atom. The van der Waals surface area contributed by atoms with E-state index >= 15 is 0 Å². The normalized spacial score (nSPS) is 14.4. The molecule has 0 fully saturated rings. The van der Waals surface area contributed by atoms with Crippen LogP contribution in [-0.2, 0) is 13.0 Å². The van der Waals surface area contributed by atoms with Crippen LogP contribution in [0, 0.1) is 0 Å². The van der Waals surface area contributed by atoms with Crippen molar-refractivity contribution in [2.45, 2.75) is 13.0 Å². The fourth-order valence-electron chi connectivity index (χ4n) is 2.76. The van der Waals surface area contributed by atoms with Crippen LogP contribution in [0.25, 0.3) is 5.65 Å². The van der Waals surface area contributed by atoms with E-state index in [-0.39, 0.29) is 0 Å². The molecule has 6 heteroatoms. The highest BCUT2D eigenvalue weighted by atomic mass is 79.9. The summed E-state index contributed by atoms with van der Waals surface area (Å²) in [5.41, 5.74) is 10.3. The van der Waals surface area contributed by atoms with Gasteiger partial charge in [0.2, 0.25) is 5.95 Å². The SMILES string of the molecule is Nc1cccc2c1CN(c1nc3ccc(Br)cn3n1)CC2. The molecule has 0 aliphatic carbocycles. The molecule has 0 unspecified atom stereocenters. The molecule has 3 aromatic rings. The minimum absolute atomic E-state index is 0.752. The van der Waals surface area contributed by atoms with Crippen LogP contribution < -0.4 is 10.6 Å². The second kappa shape index (κ2) is 4.73. The first-order valence-electron chi connectivity index (χ1n) is 6.84. The molecule has 0 spiro atoms. The number of aromatic nitrogens is 3. The Balaban J connectivity index is 1.72. The summed E-state index contributed by atoms with van der Waals surface area (Å²) in [5, 5.41) is 4.56. The maximum Gasteiger partial charge on any atom is 0.245 e. The Kier molecular flexibility index (Phi) is 2.85. The van der Waals surface area contributed by atoms with E-state index in [4.69, 9.17) is 5.73 Å². The number of halogens is 1. The van der Waals surface area contributed by atoms with Crippen molar-refractivity contribution in [3.05, 3.63) is 52.1 Å². The summed E-state index contributed by atoms with van der Waals surface area (Å²) in [6.45, 7) is 1.68. The number of benzene rings is 1. The second-order valence-electron chi connectivity index (χ2n) is 5.22. The van der Waals surface area contributed by atoms with E-state index in [1.807, 2.05) is 30.5 Å². The zero-order valence-corrected chi connectivity index (χ0v) is 12.9. The lowest BCUT2D eigenvalue weighted by Gasteiger charge is -2.28. The standard InChI is InChI=1S/C15H14BrN5/c16-11-4-5-14-18-15(19-21(14)8-11)20-7-6-10-2-1-3-13(17)12(10)9-20/h1-5,8H,6-7,9,17H2. The molecule has 0 atom stereocenters. The van der Waals surface area contributed by atoms with E-state index in [2.05, 4.69) is 37.0 Å². The summed E-state index contributed by atoms with van der Waals surface area (Å²) in [6.07, 6.45) is 2.89. The topological polar surface area (TPSA) is 59.5 Å². The number of hydrogen-bond donors (Lipinski definition) is 1. The number of nitrogen functional groups attached to an aromatic ring is 1. The number of anilines is 2. The van der Waals surface area contributed by atoms with Crippen LogP contribution in [0.5, 0.6) is 0 Å². The Labute approximate surface area is 130 Å². The summed E-state index contributed by atoms with van der Waals surface area (Å²) < 4.78 is 2.78. The van der Waals surface area contributed by atoms with E-state index < -0.39 is 0 Å². The van der Waals surface area contributed by atoms with Crippen molar-refractivity contribution >= 4 is 33.2 Å². The third-order valence-corrected chi connectivity index (χ3v) is 4.34. The van der Waals surface area contributed by atoms with E-state index in [0.29, 0.717) is 0 Å². The Hall–Kier alpha value is -2.08. The highest BCUT2D eigenvalue weighted by Gasteiger charge is 2.21. The van der Waals surface area contributed by atoms with Crippen LogP contribution in [0.15, 0.2) is 41.0 Å². The molecule has 0 bridgehead atoms. The molecule has 3 heterocycles. The maximum absolute atomic E-state index is 6.10. The fraction of sp³-hybridized carbons (Fsp3) is 0.200. The molecule has 0 radical (unpaired) electrons. The lowest BCUT2D eigenvalue weighted by Crippen LogP contribution is -2.31. The zero-order valence-electron chi connectivity index (χ0n) is 11.3. The van der Waals surface area contributed by atoms with Crippen molar-refractivity contribution in [1.82, 2.24) is 14.6 Å². The largest absolute Gasteiger partial charge is 0.398 e. The van der Waals surface area contributed by atoms with Gasteiger partial charge in [0.25, 0.3) is 0 Å². The molecule has 0 saturated carbocycles. The first kappa shape index (κ1) is 12.6. The van der Waals surface area contributed by atoms with Crippen molar-refractivity contribution < 1.29 is 0 Å². The molecule has 1 aliphatic heterocycles. The van der Waals surface area contributed by atoms with Crippen molar-refractivity contribution in [3.8, 4) is 0 Å².